The van der Waals surface area contributed by atoms with Crippen molar-refractivity contribution in [3.8, 4) is 0 Å². The number of likely N-dealkylation sites (N-methyl/N-ethyl adjacent to an activating group) is 2. The van der Waals surface area contributed by atoms with Crippen LogP contribution in [0.5, 0.6) is 0 Å². The third-order valence-electron chi connectivity index (χ3n) is 10.5. The topological polar surface area (TPSA) is 569 Å². The van der Waals surface area contributed by atoms with Crippen LogP contribution in [0.15, 0.2) is 58.1 Å². The van der Waals surface area contributed by atoms with Gasteiger partial charge in [-0.15, -0.1) is 0 Å². The molecule has 2 amide bonds. The Balaban J connectivity index is 0. The molecular weight excluding hydrogens is 989 g/mol. The summed E-state index contributed by atoms with van der Waals surface area (Å²) in [6.07, 6.45) is -1.52. The van der Waals surface area contributed by atoms with Crippen LogP contribution in [0.4, 0.5) is 46.3 Å². The Hall–Kier alpha value is -7.52. The van der Waals surface area contributed by atoms with Crippen molar-refractivity contribution in [1.29, 1.82) is 0 Å². The van der Waals surface area contributed by atoms with Crippen LogP contribution in [0.25, 0.3) is 0 Å². The number of rotatable bonds is 18. The SMILES string of the molecule is CN1c2c(nc(N)[nH]c2=O)NC[C@@H]1CNc1ccc(C(=O)NC(CCC(=O)[O-])C(=O)O)cc1.CN1c2c(nc(N)[nH]c2=O)NC[C@@H]1CNc1ccc(C(=O)NC(CCC(=O)[O-])C(=O)O)cc1.O.O.O.O.O.[Ca+2]. The Bertz CT molecular complexity index is 2400. The average Bonchev–Trinajstić information content (AvgIpc) is 3.25. The number of carboxylic acids is 4. The molecule has 0 saturated heterocycles. The van der Waals surface area contributed by atoms with E-state index in [9.17, 15) is 48.6 Å². The number of fused-ring (bicyclic) bond motifs is 2. The summed E-state index contributed by atoms with van der Waals surface area (Å²) in [4.78, 5) is 109. The van der Waals surface area contributed by atoms with Gasteiger partial charge in [-0.05, 0) is 74.2 Å². The Kier molecular flexibility index (Phi) is 28.0. The molecule has 0 spiro atoms. The number of amides is 2. The Morgan fingerprint density at radius 1 is 0.639 bits per heavy atom. The van der Waals surface area contributed by atoms with E-state index in [-0.39, 0.29) is 124 Å². The molecule has 4 heterocycles. The van der Waals surface area contributed by atoms with E-state index in [4.69, 9.17) is 21.7 Å². The number of H-pyrrole nitrogens is 2. The first-order valence-corrected chi connectivity index (χ1v) is 20.2. The van der Waals surface area contributed by atoms with Crippen molar-refractivity contribution in [2.45, 2.75) is 49.9 Å². The maximum absolute atomic E-state index is 12.3. The molecule has 0 aliphatic carbocycles. The van der Waals surface area contributed by atoms with E-state index in [1.807, 2.05) is 9.80 Å². The average molecular weight is 1050 g/mol. The molecule has 2 aromatic carbocycles. The summed E-state index contributed by atoms with van der Waals surface area (Å²) in [7, 11) is 3.57. The van der Waals surface area contributed by atoms with Gasteiger partial charge in [0.25, 0.3) is 22.9 Å². The minimum atomic E-state index is -1.39. The number of aromatic nitrogens is 4. The summed E-state index contributed by atoms with van der Waals surface area (Å²) in [5.74, 6) is -5.79. The van der Waals surface area contributed by atoms with Gasteiger partial charge in [0.2, 0.25) is 11.9 Å². The largest absolute Gasteiger partial charge is 2.00 e. The summed E-state index contributed by atoms with van der Waals surface area (Å²) in [5.41, 5.74) is 13.1. The molecule has 2 aliphatic heterocycles. The Morgan fingerprint density at radius 3 is 1.25 bits per heavy atom. The summed E-state index contributed by atoms with van der Waals surface area (Å²) in [6, 6.07) is 9.88. The number of nitrogens with one attached hydrogen (secondary N) is 8. The van der Waals surface area contributed by atoms with Gasteiger partial charge in [-0.1, -0.05) is 0 Å². The van der Waals surface area contributed by atoms with Gasteiger partial charge >= 0.3 is 49.7 Å². The fourth-order valence-electron chi connectivity index (χ4n) is 6.83. The van der Waals surface area contributed by atoms with Crippen LogP contribution in [0.1, 0.15) is 46.4 Å². The molecular formula is C40H58CaN14O17. The number of aromatic amines is 2. The van der Waals surface area contributed by atoms with E-state index < -0.39 is 60.6 Å². The van der Waals surface area contributed by atoms with Crippen molar-refractivity contribution in [1.82, 2.24) is 30.6 Å². The van der Waals surface area contributed by atoms with E-state index in [1.165, 1.54) is 24.3 Å². The minimum absolute atomic E-state index is 0. The van der Waals surface area contributed by atoms with Gasteiger partial charge in [-0.2, -0.15) is 9.97 Å². The second-order valence-electron chi connectivity index (χ2n) is 15.1. The first-order chi connectivity index (χ1) is 31.3. The minimum Gasteiger partial charge on any atom is -0.550 e. The van der Waals surface area contributed by atoms with E-state index >= 15 is 0 Å². The second kappa shape index (κ2) is 30.3. The van der Waals surface area contributed by atoms with Gasteiger partial charge in [-0.25, -0.2) is 9.59 Å². The molecule has 6 rings (SSSR count). The zero-order valence-corrected chi connectivity index (χ0v) is 40.9. The fraction of sp³-hybridized carbons (Fsp3) is 0.350. The van der Waals surface area contributed by atoms with Crippen molar-refractivity contribution >= 4 is 120 Å². The molecule has 32 heteroatoms. The van der Waals surface area contributed by atoms with Crippen molar-refractivity contribution in [3.63, 3.8) is 0 Å². The molecule has 0 saturated carbocycles. The third-order valence-corrected chi connectivity index (χ3v) is 10.5. The number of hydrogen-bond donors (Lipinski definition) is 12. The number of nitrogens with two attached hydrogens (primary N) is 2. The number of carboxylic acid groups (broad SMARTS) is 4. The standard InChI is InChI=1S/2C20H25N7O6.Ca.5H2O/c2*1-27-12(9-23-16-15(27)18(31)26-20(21)25-16)8-22-11-4-2-10(3-5-11)17(30)24-13(19(32)33)6-7-14(28)29;;;;;;/h2*2-5,12-13,22H,6-9H2,1H3,(H,24,30)(H,28,29)(H,32,33)(H4,21,23,25,26,31);;5*1H2/q;;+2;;;;;/p-2/t2*12-,13?;;;;;;/m00....../s1. The van der Waals surface area contributed by atoms with Crippen LogP contribution in [0.3, 0.4) is 0 Å². The maximum Gasteiger partial charge on any atom is 2.00 e. The van der Waals surface area contributed by atoms with Gasteiger partial charge in [0.1, 0.15) is 23.5 Å². The molecule has 4 aromatic rings. The van der Waals surface area contributed by atoms with Crippen molar-refractivity contribution in [3.05, 3.63) is 80.4 Å². The predicted octanol–water partition coefficient (Wildman–Crippen LogP) is -7.69. The molecule has 0 radical (unpaired) electrons. The Morgan fingerprint density at radius 2 is 0.958 bits per heavy atom. The summed E-state index contributed by atoms with van der Waals surface area (Å²) < 4.78 is 0. The molecule has 31 nitrogen and oxygen atoms in total. The third kappa shape index (κ3) is 18.0. The molecule has 0 bridgehead atoms. The van der Waals surface area contributed by atoms with Crippen molar-refractivity contribution < 1.29 is 76.6 Å². The fourth-order valence-corrected chi connectivity index (χ4v) is 6.83. The molecule has 4 atom stereocenters. The number of aliphatic carboxylic acids is 4. The molecule has 0 fully saturated rings. The maximum atomic E-state index is 12.3. The molecule has 72 heavy (non-hydrogen) atoms. The normalized spacial score (nSPS) is 14.4. The van der Waals surface area contributed by atoms with E-state index in [2.05, 4.69) is 51.8 Å². The summed E-state index contributed by atoms with van der Waals surface area (Å²) in [5, 5.41) is 56.7. The molecule has 24 N–H and O–H groups in total. The van der Waals surface area contributed by atoms with Gasteiger partial charge in [0.15, 0.2) is 11.6 Å². The van der Waals surface area contributed by atoms with Gasteiger partial charge in [0, 0.05) is 74.7 Å². The smallest absolute Gasteiger partial charge is 0.550 e. The van der Waals surface area contributed by atoms with Crippen molar-refractivity contribution in [2.75, 3.05) is 82.8 Å². The Labute approximate surface area is 437 Å². The summed E-state index contributed by atoms with van der Waals surface area (Å²) >= 11 is 0. The molecule has 2 aliphatic rings. The number of anilines is 8. The van der Waals surface area contributed by atoms with Gasteiger partial charge in [0.05, 0.1) is 12.1 Å². The first kappa shape index (κ1) is 66.6. The number of nitrogens with zero attached hydrogens (tertiary/aromatic N) is 4. The van der Waals surface area contributed by atoms with E-state index in [1.54, 1.807) is 38.4 Å². The van der Waals surface area contributed by atoms with Gasteiger partial charge < -0.3 is 111 Å². The number of carbonyl (C=O) groups excluding carboxylic acids is 4. The summed E-state index contributed by atoms with van der Waals surface area (Å²) in [6.45, 7) is 2.00. The van der Waals surface area contributed by atoms with Crippen LogP contribution in [-0.2, 0) is 19.2 Å². The molecule has 2 unspecified atom stereocenters. The van der Waals surface area contributed by atoms with Crippen LogP contribution >= 0.6 is 0 Å². The number of nitrogen functional groups attached to an aromatic ring is 2. The zero-order valence-electron chi connectivity index (χ0n) is 38.7. The number of hydrogen-bond acceptors (Lipinski definition) is 20. The number of carbonyl (C=O) groups is 6. The van der Waals surface area contributed by atoms with Crippen LogP contribution < -0.4 is 74.5 Å². The van der Waals surface area contributed by atoms with Crippen LogP contribution in [0, 0.1) is 0 Å². The number of benzene rings is 2. The van der Waals surface area contributed by atoms with Crippen molar-refractivity contribution in [2.24, 2.45) is 0 Å². The van der Waals surface area contributed by atoms with Crippen LogP contribution in [-0.4, -0.2) is 195 Å². The quantitative estimate of drug-likeness (QED) is 0.0412. The first-order valence-electron chi connectivity index (χ1n) is 20.2. The zero-order chi connectivity index (χ0) is 48.2. The predicted molar refractivity (Wildman–Crippen MR) is 260 cm³/mol. The monoisotopic (exact) mass is 1050 g/mol. The van der Waals surface area contributed by atoms with Crippen LogP contribution in [0.2, 0.25) is 0 Å². The van der Waals surface area contributed by atoms with E-state index in [0.717, 1.165) is 0 Å². The second-order valence-corrected chi connectivity index (χ2v) is 15.1. The van der Waals surface area contributed by atoms with E-state index in [0.29, 0.717) is 60.6 Å². The molecule has 2 aromatic heterocycles. The van der Waals surface area contributed by atoms with Gasteiger partial charge in [-0.3, -0.25) is 29.1 Å². The molecule has 392 valence electrons.